The Morgan fingerprint density at radius 3 is 2.89 bits per heavy atom. The molecule has 1 aromatic carbocycles. The highest BCUT2D eigenvalue weighted by molar-refractivity contribution is 5.89. The molecule has 0 aliphatic heterocycles. The molecule has 1 aromatic rings. The minimum absolute atomic E-state index is 0.0715. The summed E-state index contributed by atoms with van der Waals surface area (Å²) < 4.78 is 4.87. The molecule has 0 fully saturated rings. The molecule has 1 rings (SSSR count). The van der Waals surface area contributed by atoms with Gasteiger partial charge in [0.2, 0.25) is 0 Å². The van der Waals surface area contributed by atoms with Crippen LogP contribution in [0.4, 0.5) is 16.2 Å². The van der Waals surface area contributed by atoms with Gasteiger partial charge in [0.15, 0.2) is 0 Å². The first-order valence-corrected chi connectivity index (χ1v) is 5.34. The third-order valence-corrected chi connectivity index (χ3v) is 2.11. The highest BCUT2D eigenvalue weighted by Gasteiger charge is 2.09. The summed E-state index contributed by atoms with van der Waals surface area (Å²) in [4.78, 5) is 21.6. The second-order valence-electron chi connectivity index (χ2n) is 3.76. The van der Waals surface area contributed by atoms with Crippen LogP contribution < -0.4 is 10.6 Å². The summed E-state index contributed by atoms with van der Waals surface area (Å²) in [7, 11) is 1.54. The summed E-state index contributed by atoms with van der Waals surface area (Å²) in [6, 6.07) is 5.16. The molecule has 7 heteroatoms. The lowest BCUT2D eigenvalue weighted by Crippen LogP contribution is -2.38. The molecule has 0 aliphatic carbocycles. The van der Waals surface area contributed by atoms with Crippen LogP contribution >= 0.6 is 0 Å². The maximum absolute atomic E-state index is 11.5. The lowest BCUT2D eigenvalue weighted by Gasteiger charge is -2.13. The third kappa shape index (κ3) is 4.38. The predicted molar refractivity (Wildman–Crippen MR) is 66.6 cm³/mol. The highest BCUT2D eigenvalue weighted by Crippen LogP contribution is 2.16. The molecular weight excluding hydrogens is 238 g/mol. The lowest BCUT2D eigenvalue weighted by molar-refractivity contribution is -0.384. The Hall–Kier alpha value is -2.15. The monoisotopic (exact) mass is 253 g/mol. The Labute approximate surface area is 104 Å². The van der Waals surface area contributed by atoms with Crippen LogP contribution in [0.3, 0.4) is 0 Å². The van der Waals surface area contributed by atoms with Crippen LogP contribution in [0.25, 0.3) is 0 Å². The van der Waals surface area contributed by atoms with Crippen LogP contribution in [0.1, 0.15) is 6.92 Å². The van der Waals surface area contributed by atoms with Gasteiger partial charge >= 0.3 is 6.03 Å². The van der Waals surface area contributed by atoms with E-state index in [1.54, 1.807) is 13.0 Å². The lowest BCUT2D eigenvalue weighted by atomic mass is 10.3. The van der Waals surface area contributed by atoms with Crippen LogP contribution in [0.5, 0.6) is 0 Å². The molecule has 0 saturated carbocycles. The topological polar surface area (TPSA) is 93.5 Å². The van der Waals surface area contributed by atoms with Crippen molar-refractivity contribution in [1.82, 2.24) is 5.32 Å². The number of non-ortho nitro benzene ring substituents is 1. The molecule has 0 spiro atoms. The zero-order chi connectivity index (χ0) is 13.5. The Morgan fingerprint density at radius 1 is 1.56 bits per heavy atom. The summed E-state index contributed by atoms with van der Waals surface area (Å²) in [6.07, 6.45) is 0. The van der Waals surface area contributed by atoms with Gasteiger partial charge in [-0.05, 0) is 13.0 Å². The van der Waals surface area contributed by atoms with Crippen molar-refractivity contribution >= 4 is 17.4 Å². The van der Waals surface area contributed by atoms with Gasteiger partial charge in [0.1, 0.15) is 0 Å². The van der Waals surface area contributed by atoms with E-state index < -0.39 is 11.0 Å². The molecule has 0 unspecified atom stereocenters. The second-order valence-corrected chi connectivity index (χ2v) is 3.76. The van der Waals surface area contributed by atoms with Crippen LogP contribution in [0.2, 0.25) is 0 Å². The quantitative estimate of drug-likeness (QED) is 0.617. The van der Waals surface area contributed by atoms with Crippen molar-refractivity contribution in [2.75, 3.05) is 19.0 Å². The van der Waals surface area contributed by atoms with E-state index >= 15 is 0 Å². The van der Waals surface area contributed by atoms with Crippen molar-refractivity contribution in [3.05, 3.63) is 34.4 Å². The van der Waals surface area contributed by atoms with E-state index in [1.807, 2.05) is 0 Å². The van der Waals surface area contributed by atoms with E-state index in [9.17, 15) is 14.9 Å². The molecule has 0 radical (unpaired) electrons. The van der Waals surface area contributed by atoms with Crippen LogP contribution in [0, 0.1) is 10.1 Å². The number of nitrogens with zero attached hydrogens (tertiary/aromatic N) is 1. The number of rotatable bonds is 5. The summed E-state index contributed by atoms with van der Waals surface area (Å²) >= 11 is 0. The molecule has 2 N–H and O–H groups in total. The standard InChI is InChI=1S/C11H15N3O4/c1-8(7-18-2)12-11(15)13-9-4-3-5-10(6-9)14(16)17/h3-6,8H,7H2,1-2H3,(H2,12,13,15)/t8-/m0/s1. The van der Waals surface area contributed by atoms with Gasteiger partial charge in [0.05, 0.1) is 17.6 Å². The minimum Gasteiger partial charge on any atom is -0.383 e. The van der Waals surface area contributed by atoms with Crippen LogP contribution in [-0.2, 0) is 4.74 Å². The largest absolute Gasteiger partial charge is 0.383 e. The van der Waals surface area contributed by atoms with Gasteiger partial charge in [-0.3, -0.25) is 10.1 Å². The molecule has 0 bridgehead atoms. The fourth-order valence-corrected chi connectivity index (χ4v) is 1.38. The zero-order valence-electron chi connectivity index (χ0n) is 10.2. The Bertz CT molecular complexity index is 436. The first-order chi connectivity index (χ1) is 8.52. The highest BCUT2D eigenvalue weighted by atomic mass is 16.6. The number of nitro groups is 1. The second kappa shape index (κ2) is 6.55. The van der Waals surface area contributed by atoms with E-state index in [4.69, 9.17) is 4.74 Å². The van der Waals surface area contributed by atoms with E-state index in [2.05, 4.69) is 10.6 Å². The number of methoxy groups -OCH3 is 1. The van der Waals surface area contributed by atoms with E-state index in [0.29, 0.717) is 12.3 Å². The van der Waals surface area contributed by atoms with Crippen molar-refractivity contribution < 1.29 is 14.5 Å². The first kappa shape index (κ1) is 13.9. The smallest absolute Gasteiger partial charge is 0.319 e. The average Bonchev–Trinajstić information content (AvgIpc) is 2.29. The van der Waals surface area contributed by atoms with Gasteiger partial charge in [-0.1, -0.05) is 6.07 Å². The van der Waals surface area contributed by atoms with E-state index in [-0.39, 0.29) is 11.7 Å². The fourth-order valence-electron chi connectivity index (χ4n) is 1.38. The molecule has 98 valence electrons. The molecule has 0 aliphatic rings. The normalized spacial score (nSPS) is 11.7. The molecule has 0 aromatic heterocycles. The molecule has 1 atom stereocenters. The Morgan fingerprint density at radius 2 is 2.28 bits per heavy atom. The number of anilines is 1. The fraction of sp³-hybridized carbons (Fsp3) is 0.364. The van der Waals surface area contributed by atoms with Crippen LogP contribution in [-0.4, -0.2) is 30.7 Å². The first-order valence-electron chi connectivity index (χ1n) is 5.34. The minimum atomic E-state index is -0.517. The van der Waals surface area contributed by atoms with E-state index in [0.717, 1.165) is 0 Å². The predicted octanol–water partition coefficient (Wildman–Crippen LogP) is 1.75. The number of benzene rings is 1. The molecule has 7 nitrogen and oxygen atoms in total. The van der Waals surface area contributed by atoms with Gasteiger partial charge in [-0.2, -0.15) is 0 Å². The number of nitrogens with one attached hydrogen (secondary N) is 2. The maximum atomic E-state index is 11.5. The number of amides is 2. The summed E-state index contributed by atoms with van der Waals surface area (Å²) in [6.45, 7) is 2.18. The SMILES string of the molecule is COC[C@H](C)NC(=O)Nc1cccc([N+](=O)[O-])c1. The number of urea groups is 1. The average molecular weight is 253 g/mol. The number of hydrogen-bond acceptors (Lipinski definition) is 4. The molecule has 0 saturated heterocycles. The van der Waals surface area contributed by atoms with Crippen molar-refractivity contribution in [2.24, 2.45) is 0 Å². The van der Waals surface area contributed by atoms with Crippen LogP contribution in [0.15, 0.2) is 24.3 Å². The molecule has 18 heavy (non-hydrogen) atoms. The van der Waals surface area contributed by atoms with Crippen molar-refractivity contribution in [3.8, 4) is 0 Å². The Balaban J connectivity index is 2.59. The van der Waals surface area contributed by atoms with Gasteiger partial charge in [-0.15, -0.1) is 0 Å². The number of hydrogen-bond donors (Lipinski definition) is 2. The third-order valence-electron chi connectivity index (χ3n) is 2.11. The zero-order valence-corrected chi connectivity index (χ0v) is 10.2. The van der Waals surface area contributed by atoms with Gasteiger partial charge in [0, 0.05) is 24.9 Å². The van der Waals surface area contributed by atoms with Crippen molar-refractivity contribution in [3.63, 3.8) is 0 Å². The van der Waals surface area contributed by atoms with Gasteiger partial charge < -0.3 is 15.4 Å². The number of nitro benzene ring substituents is 1. The Kier molecular flexibility index (Phi) is 5.06. The summed E-state index contributed by atoms with van der Waals surface area (Å²) in [5.41, 5.74) is 0.295. The number of carbonyl (C=O) groups is 1. The molecule has 2 amide bonds. The number of ether oxygens (including phenoxy) is 1. The molecule has 0 heterocycles. The van der Waals surface area contributed by atoms with Gasteiger partial charge in [-0.25, -0.2) is 4.79 Å². The summed E-state index contributed by atoms with van der Waals surface area (Å²) in [5.74, 6) is 0. The summed E-state index contributed by atoms with van der Waals surface area (Å²) in [5, 5.41) is 15.7. The molecular formula is C11H15N3O4. The number of carbonyl (C=O) groups excluding carboxylic acids is 1. The van der Waals surface area contributed by atoms with Crippen molar-refractivity contribution in [1.29, 1.82) is 0 Å². The maximum Gasteiger partial charge on any atom is 0.319 e. The van der Waals surface area contributed by atoms with E-state index in [1.165, 1.54) is 25.3 Å². The van der Waals surface area contributed by atoms with Gasteiger partial charge in [0.25, 0.3) is 5.69 Å². The van der Waals surface area contributed by atoms with Crippen molar-refractivity contribution in [2.45, 2.75) is 13.0 Å².